The van der Waals surface area contributed by atoms with Gasteiger partial charge in [-0.3, -0.25) is 15.1 Å². The maximum absolute atomic E-state index is 13.6. The summed E-state index contributed by atoms with van der Waals surface area (Å²) in [5.41, 5.74) is 1.05. The molecule has 3 aromatic rings. The molecule has 0 fully saturated rings. The number of nitro groups is 1. The predicted octanol–water partition coefficient (Wildman–Crippen LogP) is 3.87. The average Bonchev–Trinajstić information content (AvgIpc) is 2.59. The van der Waals surface area contributed by atoms with Crippen LogP contribution in [0.2, 0.25) is 0 Å². The molecule has 6 nitrogen and oxygen atoms in total. The average molecular weight is 328 g/mol. The lowest BCUT2D eigenvalue weighted by molar-refractivity contribution is -0.387. The molecule has 1 aromatic heterocycles. The van der Waals surface area contributed by atoms with Crippen LogP contribution in [0.15, 0.2) is 48.7 Å². The van der Waals surface area contributed by atoms with Gasteiger partial charge in [0.2, 0.25) is 5.82 Å². The minimum atomic E-state index is -0.971. The van der Waals surface area contributed by atoms with Crippen molar-refractivity contribution < 1.29 is 18.8 Å². The van der Waals surface area contributed by atoms with Crippen molar-refractivity contribution in [2.75, 3.05) is 7.11 Å². The van der Waals surface area contributed by atoms with Crippen molar-refractivity contribution in [3.63, 3.8) is 0 Å². The highest BCUT2D eigenvalue weighted by Gasteiger charge is 2.20. The summed E-state index contributed by atoms with van der Waals surface area (Å²) in [6, 6.07) is 11.3. The lowest BCUT2D eigenvalue weighted by atomic mass is 10.1. The van der Waals surface area contributed by atoms with E-state index >= 15 is 0 Å². The maximum Gasteiger partial charge on any atom is 0.308 e. The normalized spacial score (nSPS) is 10.6. The van der Waals surface area contributed by atoms with Crippen molar-refractivity contribution in [1.82, 2.24) is 4.98 Å². The monoisotopic (exact) mass is 328 g/mol. The fourth-order valence-corrected chi connectivity index (χ4v) is 2.31. The second kappa shape index (κ2) is 6.49. The Hall–Kier alpha value is -3.22. The molecule has 0 spiro atoms. The van der Waals surface area contributed by atoms with E-state index in [-0.39, 0.29) is 18.1 Å². The summed E-state index contributed by atoms with van der Waals surface area (Å²) in [5.74, 6) is -0.765. The molecular formula is C17H13FN2O4. The quantitative estimate of drug-likeness (QED) is 0.525. The van der Waals surface area contributed by atoms with Crippen LogP contribution in [-0.2, 0) is 6.61 Å². The summed E-state index contributed by atoms with van der Waals surface area (Å²) in [7, 11) is 1.34. The number of halogens is 1. The Bertz CT molecular complexity index is 914. The summed E-state index contributed by atoms with van der Waals surface area (Å²) in [6.45, 7) is 0.157. The number of fused-ring (bicyclic) bond motifs is 1. The Morgan fingerprint density at radius 1 is 1.21 bits per heavy atom. The first-order chi connectivity index (χ1) is 11.6. The third-order valence-corrected chi connectivity index (χ3v) is 3.49. The van der Waals surface area contributed by atoms with Crippen molar-refractivity contribution >= 4 is 16.6 Å². The van der Waals surface area contributed by atoms with E-state index in [0.29, 0.717) is 0 Å². The molecule has 0 aliphatic carbocycles. The van der Waals surface area contributed by atoms with Gasteiger partial charge in [-0.05, 0) is 23.8 Å². The van der Waals surface area contributed by atoms with Crippen LogP contribution in [0.3, 0.4) is 0 Å². The highest BCUT2D eigenvalue weighted by Crippen LogP contribution is 2.34. The molecule has 0 radical (unpaired) electrons. The van der Waals surface area contributed by atoms with Gasteiger partial charge < -0.3 is 9.47 Å². The number of nitrogens with zero attached hydrogens (tertiary/aromatic N) is 2. The van der Waals surface area contributed by atoms with Gasteiger partial charge >= 0.3 is 5.69 Å². The fraction of sp³-hybridized carbons (Fsp3) is 0.118. The van der Waals surface area contributed by atoms with Crippen LogP contribution in [0.5, 0.6) is 11.5 Å². The van der Waals surface area contributed by atoms with Crippen molar-refractivity contribution in [2.45, 2.75) is 6.61 Å². The molecule has 3 rings (SSSR count). The van der Waals surface area contributed by atoms with Gasteiger partial charge in [0, 0.05) is 17.6 Å². The van der Waals surface area contributed by atoms with Gasteiger partial charge in [-0.25, -0.2) is 0 Å². The lowest BCUT2D eigenvalue weighted by Crippen LogP contribution is -2.01. The number of nitro benzene ring substituents is 1. The summed E-state index contributed by atoms with van der Waals surface area (Å²) < 4.78 is 24.2. The molecular weight excluding hydrogens is 315 g/mol. The third kappa shape index (κ3) is 3.10. The molecule has 0 atom stereocenters. The first-order valence-corrected chi connectivity index (χ1v) is 7.07. The minimum absolute atomic E-state index is 0.0977. The number of rotatable bonds is 5. The molecule has 7 heteroatoms. The van der Waals surface area contributed by atoms with Crippen LogP contribution in [0.25, 0.3) is 10.9 Å². The van der Waals surface area contributed by atoms with Crippen LogP contribution in [-0.4, -0.2) is 17.0 Å². The molecule has 0 amide bonds. The smallest absolute Gasteiger partial charge is 0.308 e. The van der Waals surface area contributed by atoms with Crippen LogP contribution in [0.4, 0.5) is 10.1 Å². The third-order valence-electron chi connectivity index (χ3n) is 3.49. The first-order valence-electron chi connectivity index (χ1n) is 7.07. The molecule has 1 heterocycles. The number of methoxy groups -OCH3 is 1. The van der Waals surface area contributed by atoms with Crippen molar-refractivity contribution in [3.05, 3.63) is 70.2 Å². The molecule has 0 unspecified atom stereocenters. The number of aromatic nitrogens is 1. The lowest BCUT2D eigenvalue weighted by Gasteiger charge is -2.11. The number of hydrogen-bond acceptors (Lipinski definition) is 5. The minimum Gasteiger partial charge on any atom is -0.493 e. The van der Waals surface area contributed by atoms with Gasteiger partial charge in [0.25, 0.3) is 0 Å². The topological polar surface area (TPSA) is 74.5 Å². The molecule has 0 aliphatic heterocycles. The van der Waals surface area contributed by atoms with E-state index < -0.39 is 16.4 Å². The fourth-order valence-electron chi connectivity index (χ4n) is 2.31. The highest BCUT2D eigenvalue weighted by molar-refractivity contribution is 5.78. The SMILES string of the molecule is COc1cc(F)c([N+](=O)[O-])cc1OCc1ccc2ncccc2c1. The van der Waals surface area contributed by atoms with E-state index in [2.05, 4.69) is 4.98 Å². The first kappa shape index (κ1) is 15.7. The largest absolute Gasteiger partial charge is 0.493 e. The van der Waals surface area contributed by atoms with Gasteiger partial charge in [0.1, 0.15) is 6.61 Å². The second-order valence-corrected chi connectivity index (χ2v) is 5.03. The number of pyridine rings is 1. The van der Waals surface area contributed by atoms with Gasteiger partial charge in [0.15, 0.2) is 11.5 Å². The Labute approximate surface area is 136 Å². The Morgan fingerprint density at radius 3 is 2.79 bits per heavy atom. The van der Waals surface area contributed by atoms with Crippen LogP contribution < -0.4 is 9.47 Å². The Kier molecular flexibility index (Phi) is 4.24. The molecule has 0 bridgehead atoms. The summed E-state index contributed by atoms with van der Waals surface area (Å²) >= 11 is 0. The van der Waals surface area contributed by atoms with E-state index in [1.54, 1.807) is 6.20 Å². The predicted molar refractivity (Wildman–Crippen MR) is 85.7 cm³/mol. The molecule has 122 valence electrons. The van der Waals surface area contributed by atoms with E-state index in [4.69, 9.17) is 9.47 Å². The van der Waals surface area contributed by atoms with Gasteiger partial charge in [-0.2, -0.15) is 4.39 Å². The standard InChI is InChI=1S/C17H13FN2O4/c1-23-16-8-13(18)15(20(21)22)9-17(16)24-10-11-4-5-14-12(7-11)3-2-6-19-14/h2-9H,10H2,1H3. The van der Waals surface area contributed by atoms with Gasteiger partial charge in [-0.1, -0.05) is 12.1 Å². The molecule has 0 saturated heterocycles. The Morgan fingerprint density at radius 2 is 2.04 bits per heavy atom. The molecule has 2 aromatic carbocycles. The molecule has 0 saturated carbocycles. The molecule has 24 heavy (non-hydrogen) atoms. The number of hydrogen-bond donors (Lipinski definition) is 0. The van der Waals surface area contributed by atoms with Gasteiger partial charge in [-0.15, -0.1) is 0 Å². The number of benzene rings is 2. The van der Waals surface area contributed by atoms with Crippen molar-refractivity contribution in [1.29, 1.82) is 0 Å². The zero-order valence-corrected chi connectivity index (χ0v) is 12.7. The Balaban J connectivity index is 1.87. The van der Waals surface area contributed by atoms with Gasteiger partial charge in [0.05, 0.1) is 23.6 Å². The number of ether oxygens (including phenoxy) is 2. The molecule has 0 aliphatic rings. The summed E-state index contributed by atoms with van der Waals surface area (Å²) in [4.78, 5) is 14.3. The van der Waals surface area contributed by atoms with Crippen molar-refractivity contribution in [3.8, 4) is 11.5 Å². The summed E-state index contributed by atoms with van der Waals surface area (Å²) in [6.07, 6.45) is 1.71. The van der Waals surface area contributed by atoms with E-state index in [0.717, 1.165) is 28.6 Å². The van der Waals surface area contributed by atoms with Crippen LogP contribution >= 0.6 is 0 Å². The van der Waals surface area contributed by atoms with E-state index in [1.165, 1.54) is 7.11 Å². The van der Waals surface area contributed by atoms with Crippen LogP contribution in [0, 0.1) is 15.9 Å². The zero-order chi connectivity index (χ0) is 17.1. The van der Waals surface area contributed by atoms with Crippen LogP contribution in [0.1, 0.15) is 5.56 Å². The highest BCUT2D eigenvalue weighted by atomic mass is 19.1. The maximum atomic E-state index is 13.6. The zero-order valence-electron chi connectivity index (χ0n) is 12.7. The summed E-state index contributed by atoms with van der Waals surface area (Å²) in [5, 5.41) is 11.8. The van der Waals surface area contributed by atoms with Crippen molar-refractivity contribution in [2.24, 2.45) is 0 Å². The second-order valence-electron chi connectivity index (χ2n) is 5.03. The van der Waals surface area contributed by atoms with E-state index in [9.17, 15) is 14.5 Å². The molecule has 0 N–H and O–H groups in total. The van der Waals surface area contributed by atoms with E-state index in [1.807, 2.05) is 30.3 Å².